The van der Waals surface area contributed by atoms with E-state index in [2.05, 4.69) is 29.4 Å². The molecule has 2 atom stereocenters. The van der Waals surface area contributed by atoms with Gasteiger partial charge in [0.2, 0.25) is 0 Å². The monoisotopic (exact) mass is 345 g/mol. The second-order valence-electron chi connectivity index (χ2n) is 5.91. The maximum Gasteiger partial charge on any atom is 0.318 e. The Balaban J connectivity index is 1.56. The van der Waals surface area contributed by atoms with Crippen LogP contribution in [0.15, 0.2) is 41.9 Å². The fourth-order valence-electron chi connectivity index (χ4n) is 2.89. The number of carbonyl (C=O) groups is 1. The van der Waals surface area contributed by atoms with E-state index < -0.39 is 0 Å². The number of benzene rings is 1. The zero-order chi connectivity index (χ0) is 16.8. The van der Waals surface area contributed by atoms with Crippen molar-refractivity contribution in [3.05, 3.63) is 52.5 Å². The topological polar surface area (TPSA) is 54.5 Å². The van der Waals surface area contributed by atoms with Gasteiger partial charge in [-0.15, -0.1) is 11.3 Å². The SMILES string of the molecule is CCC(NC(=O)N1CCOC(Cc2ccccc2)C1)c1nccs1. The average Bonchev–Trinajstić information content (AvgIpc) is 3.15. The molecule has 1 aliphatic heterocycles. The summed E-state index contributed by atoms with van der Waals surface area (Å²) in [6.07, 6.45) is 3.48. The van der Waals surface area contributed by atoms with E-state index in [0.717, 1.165) is 17.8 Å². The molecule has 1 aliphatic rings. The molecule has 1 saturated heterocycles. The van der Waals surface area contributed by atoms with Crippen LogP contribution < -0.4 is 5.32 Å². The number of amides is 2. The van der Waals surface area contributed by atoms with Crippen LogP contribution >= 0.6 is 11.3 Å². The minimum atomic E-state index is -0.0292. The number of hydrogen-bond donors (Lipinski definition) is 1. The van der Waals surface area contributed by atoms with Gasteiger partial charge < -0.3 is 15.0 Å². The molecule has 0 aliphatic carbocycles. The molecule has 2 heterocycles. The first-order valence-electron chi connectivity index (χ1n) is 8.36. The molecule has 1 N–H and O–H groups in total. The number of carbonyl (C=O) groups excluding carboxylic acids is 1. The number of ether oxygens (including phenoxy) is 1. The molecule has 5 nitrogen and oxygen atoms in total. The predicted octanol–water partition coefficient (Wildman–Crippen LogP) is 3.25. The molecule has 2 amide bonds. The molecule has 128 valence electrons. The summed E-state index contributed by atoms with van der Waals surface area (Å²) in [7, 11) is 0. The summed E-state index contributed by atoms with van der Waals surface area (Å²) >= 11 is 1.58. The molecule has 1 fully saturated rings. The molecule has 1 aromatic heterocycles. The van der Waals surface area contributed by atoms with Crippen molar-refractivity contribution in [2.24, 2.45) is 0 Å². The highest BCUT2D eigenvalue weighted by Crippen LogP contribution is 2.19. The quantitative estimate of drug-likeness (QED) is 0.905. The van der Waals surface area contributed by atoms with Crippen molar-refractivity contribution < 1.29 is 9.53 Å². The van der Waals surface area contributed by atoms with E-state index in [-0.39, 0.29) is 18.2 Å². The van der Waals surface area contributed by atoms with Crippen LogP contribution in [0.4, 0.5) is 4.79 Å². The van der Waals surface area contributed by atoms with E-state index >= 15 is 0 Å². The maximum atomic E-state index is 12.6. The normalized spacial score (nSPS) is 19.0. The van der Waals surface area contributed by atoms with Crippen LogP contribution in [0.3, 0.4) is 0 Å². The van der Waals surface area contributed by atoms with Crippen molar-refractivity contribution in [1.82, 2.24) is 15.2 Å². The van der Waals surface area contributed by atoms with E-state index in [0.29, 0.717) is 19.7 Å². The molecule has 0 bridgehead atoms. The number of nitrogens with one attached hydrogen (secondary N) is 1. The Kier molecular flexibility index (Phi) is 5.82. The maximum absolute atomic E-state index is 12.6. The molecule has 2 aromatic rings. The van der Waals surface area contributed by atoms with Crippen molar-refractivity contribution in [2.75, 3.05) is 19.7 Å². The van der Waals surface area contributed by atoms with Crippen LogP contribution in [0.1, 0.15) is 30.0 Å². The zero-order valence-electron chi connectivity index (χ0n) is 13.9. The second kappa shape index (κ2) is 8.26. The first kappa shape index (κ1) is 16.9. The summed E-state index contributed by atoms with van der Waals surface area (Å²) in [4.78, 5) is 18.8. The van der Waals surface area contributed by atoms with Gasteiger partial charge in [-0.3, -0.25) is 0 Å². The van der Waals surface area contributed by atoms with Gasteiger partial charge in [-0.25, -0.2) is 9.78 Å². The van der Waals surface area contributed by atoms with Gasteiger partial charge in [-0.2, -0.15) is 0 Å². The first-order valence-corrected chi connectivity index (χ1v) is 9.24. The minimum Gasteiger partial charge on any atom is -0.374 e. The molecule has 3 rings (SSSR count). The summed E-state index contributed by atoms with van der Waals surface area (Å²) in [6.45, 7) is 3.89. The van der Waals surface area contributed by atoms with E-state index in [1.165, 1.54) is 5.56 Å². The van der Waals surface area contributed by atoms with Gasteiger partial charge >= 0.3 is 6.03 Å². The average molecular weight is 345 g/mol. The van der Waals surface area contributed by atoms with Crippen LogP contribution in [0.5, 0.6) is 0 Å². The number of hydrogen-bond acceptors (Lipinski definition) is 4. The number of nitrogens with zero attached hydrogens (tertiary/aromatic N) is 2. The van der Waals surface area contributed by atoms with E-state index in [1.807, 2.05) is 28.5 Å². The third-order valence-electron chi connectivity index (χ3n) is 4.19. The van der Waals surface area contributed by atoms with Gasteiger partial charge in [-0.1, -0.05) is 37.3 Å². The Hall–Kier alpha value is -1.92. The molecule has 0 saturated carbocycles. The number of aromatic nitrogens is 1. The van der Waals surface area contributed by atoms with Crippen molar-refractivity contribution in [1.29, 1.82) is 0 Å². The zero-order valence-corrected chi connectivity index (χ0v) is 14.7. The van der Waals surface area contributed by atoms with Crippen molar-refractivity contribution in [3.8, 4) is 0 Å². The summed E-state index contributed by atoms with van der Waals surface area (Å²) in [5.74, 6) is 0. The largest absolute Gasteiger partial charge is 0.374 e. The minimum absolute atomic E-state index is 0.0204. The second-order valence-corrected chi connectivity index (χ2v) is 6.84. The number of morpholine rings is 1. The van der Waals surface area contributed by atoms with Crippen molar-refractivity contribution in [2.45, 2.75) is 31.9 Å². The highest BCUT2D eigenvalue weighted by Gasteiger charge is 2.26. The van der Waals surface area contributed by atoms with E-state index in [4.69, 9.17) is 4.74 Å². The smallest absolute Gasteiger partial charge is 0.318 e. The lowest BCUT2D eigenvalue weighted by molar-refractivity contribution is -0.0136. The molecule has 6 heteroatoms. The van der Waals surface area contributed by atoms with Crippen LogP contribution in [-0.4, -0.2) is 41.7 Å². The molecule has 0 radical (unpaired) electrons. The molecule has 24 heavy (non-hydrogen) atoms. The van der Waals surface area contributed by atoms with Gasteiger partial charge in [0.05, 0.1) is 18.8 Å². The van der Waals surface area contributed by atoms with E-state index in [1.54, 1.807) is 17.5 Å². The number of rotatable bonds is 5. The summed E-state index contributed by atoms with van der Waals surface area (Å²) in [5.41, 5.74) is 1.24. The van der Waals surface area contributed by atoms with Crippen LogP contribution in [0.25, 0.3) is 0 Å². The van der Waals surface area contributed by atoms with Crippen molar-refractivity contribution in [3.63, 3.8) is 0 Å². The standard InChI is InChI=1S/C18H23N3O2S/c1-2-16(17-19-8-11-24-17)20-18(22)21-9-10-23-15(13-21)12-14-6-4-3-5-7-14/h3-8,11,15-16H,2,9-10,12-13H2,1H3,(H,20,22). The molecule has 1 aromatic carbocycles. The van der Waals surface area contributed by atoms with Gasteiger partial charge in [0.25, 0.3) is 0 Å². The molecule has 2 unspecified atom stereocenters. The summed E-state index contributed by atoms with van der Waals surface area (Å²) < 4.78 is 5.83. The number of thiazole rings is 1. The van der Waals surface area contributed by atoms with Gasteiger partial charge in [-0.05, 0) is 12.0 Å². The predicted molar refractivity (Wildman–Crippen MR) is 95.1 cm³/mol. The lowest BCUT2D eigenvalue weighted by Crippen LogP contribution is -2.50. The van der Waals surface area contributed by atoms with E-state index in [9.17, 15) is 4.79 Å². The van der Waals surface area contributed by atoms with Crippen LogP contribution in [0.2, 0.25) is 0 Å². The van der Waals surface area contributed by atoms with Crippen LogP contribution in [-0.2, 0) is 11.2 Å². The molecular weight excluding hydrogens is 322 g/mol. The fourth-order valence-corrected chi connectivity index (χ4v) is 3.66. The lowest BCUT2D eigenvalue weighted by atomic mass is 10.1. The Morgan fingerprint density at radius 2 is 2.29 bits per heavy atom. The highest BCUT2D eigenvalue weighted by molar-refractivity contribution is 7.09. The summed E-state index contributed by atoms with van der Waals surface area (Å²) in [5, 5.41) is 6.00. The fraction of sp³-hybridized carbons (Fsp3) is 0.444. The Bertz CT molecular complexity index is 633. The third kappa shape index (κ3) is 4.33. The Morgan fingerprint density at radius 3 is 3.00 bits per heavy atom. The van der Waals surface area contributed by atoms with Gasteiger partial charge in [0, 0.05) is 31.1 Å². The van der Waals surface area contributed by atoms with Gasteiger partial charge in [0.15, 0.2) is 0 Å². The third-order valence-corrected chi connectivity index (χ3v) is 5.08. The van der Waals surface area contributed by atoms with Crippen LogP contribution in [0, 0.1) is 0 Å². The lowest BCUT2D eigenvalue weighted by Gasteiger charge is -2.34. The Labute approximate surface area is 146 Å². The summed E-state index contributed by atoms with van der Waals surface area (Å²) in [6, 6.07) is 10.2. The molecular formula is C18H23N3O2S. The number of urea groups is 1. The van der Waals surface area contributed by atoms with Crippen molar-refractivity contribution >= 4 is 17.4 Å². The van der Waals surface area contributed by atoms with Gasteiger partial charge in [0.1, 0.15) is 5.01 Å². The highest BCUT2D eigenvalue weighted by atomic mass is 32.1. The Morgan fingerprint density at radius 1 is 1.46 bits per heavy atom. The molecule has 0 spiro atoms. The first-order chi connectivity index (χ1) is 11.8.